The van der Waals surface area contributed by atoms with Gasteiger partial charge in [0.05, 0.1) is 10.9 Å². The fourth-order valence-corrected chi connectivity index (χ4v) is 3.75. The highest BCUT2D eigenvalue weighted by Crippen LogP contribution is 2.28. The van der Waals surface area contributed by atoms with Crippen LogP contribution < -0.4 is 15.5 Å². The van der Waals surface area contributed by atoms with E-state index in [2.05, 4.69) is 10.3 Å². The summed E-state index contributed by atoms with van der Waals surface area (Å²) in [5, 5.41) is 14.3. The molecule has 0 aliphatic heterocycles. The predicted molar refractivity (Wildman–Crippen MR) is 113 cm³/mol. The summed E-state index contributed by atoms with van der Waals surface area (Å²) in [5.41, 5.74) is 2.12. The molecule has 0 unspecified atom stereocenters. The van der Waals surface area contributed by atoms with E-state index in [1.807, 2.05) is 19.2 Å². The molecule has 0 aliphatic carbocycles. The van der Waals surface area contributed by atoms with E-state index in [-0.39, 0.29) is 18.5 Å². The highest BCUT2D eigenvalue weighted by Gasteiger charge is 2.19. The molecule has 2 N–H and O–H groups in total. The van der Waals surface area contributed by atoms with Gasteiger partial charge in [-0.25, -0.2) is 9.78 Å². The molecular weight excluding hydrogens is 408 g/mol. The number of aliphatic carboxylic acids is 1. The number of rotatable bonds is 8. The zero-order valence-corrected chi connectivity index (χ0v) is 17.7. The Balaban J connectivity index is 1.87. The van der Waals surface area contributed by atoms with Gasteiger partial charge < -0.3 is 19.6 Å². The summed E-state index contributed by atoms with van der Waals surface area (Å²) in [6.07, 6.45) is 2.22. The standard InChI is InChI=1S/C21H22N2O6S/c1-4-12-6-13-17(28-8-14(19(13)25)20-22-11(3)10-30-20)7-16(12)29-9-18(24)23-15(5-2)21(26)27/h6-8,10,15H,4-5,9H2,1-3H3,(H,23,24)(H,26,27)/t15-/m1/s1. The minimum absolute atomic E-state index is 0.183. The Morgan fingerprint density at radius 2 is 2.10 bits per heavy atom. The van der Waals surface area contributed by atoms with E-state index in [1.165, 1.54) is 17.6 Å². The van der Waals surface area contributed by atoms with E-state index in [1.54, 1.807) is 19.1 Å². The molecule has 1 amide bonds. The number of aromatic nitrogens is 1. The van der Waals surface area contributed by atoms with Crippen molar-refractivity contribution in [2.45, 2.75) is 39.7 Å². The lowest BCUT2D eigenvalue weighted by Gasteiger charge is -2.14. The maximum Gasteiger partial charge on any atom is 0.326 e. The largest absolute Gasteiger partial charge is 0.483 e. The first kappa shape index (κ1) is 21.5. The molecule has 3 rings (SSSR count). The molecule has 0 saturated heterocycles. The SMILES string of the molecule is CCc1cc2c(=O)c(-c3nc(C)cs3)coc2cc1OCC(=O)N[C@H](CC)C(=O)O. The van der Waals surface area contributed by atoms with Crippen molar-refractivity contribution in [1.82, 2.24) is 10.3 Å². The second kappa shape index (κ2) is 9.08. The summed E-state index contributed by atoms with van der Waals surface area (Å²) < 4.78 is 11.3. The van der Waals surface area contributed by atoms with Crippen LogP contribution in [-0.2, 0) is 16.0 Å². The Hall–Kier alpha value is -3.20. The van der Waals surface area contributed by atoms with Gasteiger partial charge >= 0.3 is 5.97 Å². The third-order valence-corrected chi connectivity index (χ3v) is 5.58. The van der Waals surface area contributed by atoms with Crippen molar-refractivity contribution in [3.63, 3.8) is 0 Å². The van der Waals surface area contributed by atoms with Crippen LogP contribution in [0.2, 0.25) is 0 Å². The van der Waals surface area contributed by atoms with Gasteiger partial charge in [0.2, 0.25) is 5.43 Å². The first-order chi connectivity index (χ1) is 14.3. The first-order valence-corrected chi connectivity index (χ1v) is 10.4. The smallest absolute Gasteiger partial charge is 0.326 e. The molecule has 0 fully saturated rings. The van der Waals surface area contributed by atoms with Crippen molar-refractivity contribution in [1.29, 1.82) is 0 Å². The number of carbonyl (C=O) groups is 2. The fraction of sp³-hybridized carbons (Fsp3) is 0.333. The third kappa shape index (κ3) is 4.51. The Morgan fingerprint density at radius 1 is 1.33 bits per heavy atom. The van der Waals surface area contributed by atoms with Crippen molar-refractivity contribution in [2.75, 3.05) is 6.61 Å². The van der Waals surface area contributed by atoms with Crippen LogP contribution in [0.5, 0.6) is 5.75 Å². The van der Waals surface area contributed by atoms with Crippen LogP contribution in [0.1, 0.15) is 31.5 Å². The van der Waals surface area contributed by atoms with Crippen molar-refractivity contribution in [3.05, 3.63) is 45.3 Å². The zero-order valence-electron chi connectivity index (χ0n) is 16.9. The molecule has 30 heavy (non-hydrogen) atoms. The molecule has 0 saturated carbocycles. The van der Waals surface area contributed by atoms with Crippen molar-refractivity contribution >= 4 is 34.2 Å². The summed E-state index contributed by atoms with van der Waals surface area (Å²) >= 11 is 1.38. The fourth-order valence-electron chi connectivity index (χ4n) is 2.96. The summed E-state index contributed by atoms with van der Waals surface area (Å²) in [7, 11) is 0. The topological polar surface area (TPSA) is 119 Å². The summed E-state index contributed by atoms with van der Waals surface area (Å²) in [6.45, 7) is 5.09. The van der Waals surface area contributed by atoms with E-state index in [9.17, 15) is 14.4 Å². The molecule has 1 atom stereocenters. The molecule has 3 aromatic rings. The van der Waals surface area contributed by atoms with E-state index in [4.69, 9.17) is 14.3 Å². The van der Waals surface area contributed by atoms with Gasteiger partial charge in [-0.2, -0.15) is 0 Å². The number of carboxylic acid groups (broad SMARTS) is 1. The number of carbonyl (C=O) groups excluding carboxylic acids is 1. The molecule has 9 heteroatoms. The second-order valence-electron chi connectivity index (χ2n) is 6.74. The Morgan fingerprint density at radius 3 is 2.70 bits per heavy atom. The Bertz CT molecular complexity index is 1150. The van der Waals surface area contributed by atoms with Crippen LogP contribution in [0.3, 0.4) is 0 Å². The number of benzene rings is 1. The number of nitrogens with one attached hydrogen (secondary N) is 1. The highest BCUT2D eigenvalue weighted by atomic mass is 32.1. The van der Waals surface area contributed by atoms with Gasteiger partial charge in [-0.15, -0.1) is 11.3 Å². The summed E-state index contributed by atoms with van der Waals surface area (Å²) in [5.74, 6) is -1.23. The number of hydrogen-bond acceptors (Lipinski definition) is 7. The molecule has 2 heterocycles. The number of nitrogens with zero attached hydrogens (tertiary/aromatic N) is 1. The highest BCUT2D eigenvalue weighted by molar-refractivity contribution is 7.13. The molecule has 0 aliphatic rings. The number of thiazole rings is 1. The quantitative estimate of drug-likeness (QED) is 0.563. The van der Waals surface area contributed by atoms with Crippen LogP contribution >= 0.6 is 11.3 Å². The van der Waals surface area contributed by atoms with Crippen LogP contribution in [-0.4, -0.2) is 34.6 Å². The Labute approximate surface area is 176 Å². The van der Waals surface area contributed by atoms with Crippen molar-refractivity contribution in [3.8, 4) is 16.3 Å². The second-order valence-corrected chi connectivity index (χ2v) is 7.60. The average Bonchev–Trinajstić information content (AvgIpc) is 3.15. The normalized spacial score (nSPS) is 12.0. The lowest BCUT2D eigenvalue weighted by molar-refractivity contribution is -0.142. The van der Waals surface area contributed by atoms with E-state index in [0.717, 1.165) is 11.3 Å². The summed E-state index contributed by atoms with van der Waals surface area (Å²) in [6, 6.07) is 2.31. The van der Waals surface area contributed by atoms with Gasteiger partial charge in [-0.3, -0.25) is 9.59 Å². The minimum Gasteiger partial charge on any atom is -0.483 e. The van der Waals surface area contributed by atoms with Crippen molar-refractivity contribution < 1.29 is 23.8 Å². The molecule has 0 radical (unpaired) electrons. The van der Waals surface area contributed by atoms with Gasteiger partial charge in [0.15, 0.2) is 6.61 Å². The van der Waals surface area contributed by atoms with E-state index >= 15 is 0 Å². The molecule has 0 spiro atoms. The predicted octanol–water partition coefficient (Wildman–Crippen LogP) is 3.15. The van der Waals surface area contributed by atoms with Crippen LogP contribution in [0.4, 0.5) is 0 Å². The molecule has 2 aromatic heterocycles. The minimum atomic E-state index is -1.10. The maximum absolute atomic E-state index is 12.9. The summed E-state index contributed by atoms with van der Waals surface area (Å²) in [4.78, 5) is 40.4. The number of carboxylic acids is 1. The zero-order chi connectivity index (χ0) is 21.8. The molecule has 1 aromatic carbocycles. The van der Waals surface area contributed by atoms with Crippen LogP contribution in [0.15, 0.2) is 33.0 Å². The average molecular weight is 430 g/mol. The molecular formula is C21H22N2O6S. The van der Waals surface area contributed by atoms with Gasteiger partial charge in [0.1, 0.15) is 28.6 Å². The molecule has 0 bridgehead atoms. The van der Waals surface area contributed by atoms with Crippen molar-refractivity contribution in [2.24, 2.45) is 0 Å². The van der Waals surface area contributed by atoms with Gasteiger partial charge in [0.25, 0.3) is 5.91 Å². The monoisotopic (exact) mass is 430 g/mol. The van der Waals surface area contributed by atoms with E-state index in [0.29, 0.717) is 33.7 Å². The number of amides is 1. The number of hydrogen-bond donors (Lipinski definition) is 2. The first-order valence-electron chi connectivity index (χ1n) is 9.49. The Kier molecular flexibility index (Phi) is 6.51. The number of ether oxygens (including phenoxy) is 1. The number of fused-ring (bicyclic) bond motifs is 1. The third-order valence-electron chi connectivity index (χ3n) is 4.59. The lowest BCUT2D eigenvalue weighted by atomic mass is 10.1. The van der Waals surface area contributed by atoms with Gasteiger partial charge in [0, 0.05) is 17.1 Å². The number of aryl methyl sites for hydroxylation is 2. The van der Waals surface area contributed by atoms with Crippen LogP contribution in [0, 0.1) is 6.92 Å². The van der Waals surface area contributed by atoms with Gasteiger partial charge in [-0.1, -0.05) is 13.8 Å². The molecule has 158 valence electrons. The molecule has 8 nitrogen and oxygen atoms in total. The maximum atomic E-state index is 12.9. The lowest BCUT2D eigenvalue weighted by Crippen LogP contribution is -2.42. The van der Waals surface area contributed by atoms with Gasteiger partial charge in [-0.05, 0) is 31.4 Å². The van der Waals surface area contributed by atoms with E-state index < -0.39 is 17.9 Å². The van der Waals surface area contributed by atoms with Crippen LogP contribution in [0.25, 0.3) is 21.5 Å².